The van der Waals surface area contributed by atoms with Crippen molar-refractivity contribution in [2.75, 3.05) is 13.6 Å². The standard InChI is InChI=1S/C12H10BFN4O/c1-3-12(19)17-11(7-16-18-15-2)9-6-8(13)4-5-10(9)14/h1,4-6,11H,7H2,2H3/p+1. The molecule has 0 saturated heterocycles. The van der Waals surface area contributed by atoms with Crippen LogP contribution in [-0.2, 0) is 4.79 Å². The van der Waals surface area contributed by atoms with E-state index in [4.69, 9.17) is 14.3 Å². The lowest BCUT2D eigenvalue weighted by Gasteiger charge is -2.15. The summed E-state index contributed by atoms with van der Waals surface area (Å²) >= 11 is 0. The van der Waals surface area contributed by atoms with Gasteiger partial charge in [0.2, 0.25) is 4.91 Å². The van der Waals surface area contributed by atoms with Gasteiger partial charge in [-0.15, -0.1) is 6.42 Å². The number of hydrogen-bond acceptors (Lipinski definition) is 3. The smallest absolute Gasteiger partial charge is 0.296 e. The van der Waals surface area contributed by atoms with E-state index < -0.39 is 17.8 Å². The first kappa shape index (κ1) is 14.6. The third-order valence-corrected chi connectivity index (χ3v) is 2.25. The molecule has 0 heterocycles. The van der Waals surface area contributed by atoms with Crippen LogP contribution in [0.1, 0.15) is 11.6 Å². The largest absolute Gasteiger partial charge is 0.336 e. The molecule has 1 amide bonds. The molecule has 0 fully saturated rings. The average Bonchev–Trinajstić information content (AvgIpc) is 2.40. The Balaban J connectivity index is 3.07. The lowest BCUT2D eigenvalue weighted by molar-refractivity contribution is -0.116. The zero-order chi connectivity index (χ0) is 14.3. The SMILES string of the molecule is [B]c1ccc(F)c(C(CN=[N+]=NC)NC(=O)C#C)c1. The maximum Gasteiger partial charge on any atom is 0.296 e. The van der Waals surface area contributed by atoms with Crippen molar-refractivity contribution in [3.05, 3.63) is 29.6 Å². The van der Waals surface area contributed by atoms with Gasteiger partial charge in [-0.3, -0.25) is 4.79 Å². The Bertz CT molecular complexity index is 576. The number of hydrogen-bond donors (Lipinski definition) is 1. The monoisotopic (exact) mass is 257 g/mol. The fraction of sp³-hybridized carbons (Fsp3) is 0.250. The van der Waals surface area contributed by atoms with E-state index in [-0.39, 0.29) is 12.1 Å². The second kappa shape index (κ2) is 7.09. The predicted octanol–water partition coefficient (Wildman–Crippen LogP) is 0.0114. The van der Waals surface area contributed by atoms with Crippen LogP contribution in [0.3, 0.4) is 0 Å². The summed E-state index contributed by atoms with van der Waals surface area (Å²) in [4.78, 5) is 14.6. The van der Waals surface area contributed by atoms with Gasteiger partial charge in [0, 0.05) is 5.56 Å². The van der Waals surface area contributed by atoms with Crippen LogP contribution in [0, 0.1) is 18.2 Å². The van der Waals surface area contributed by atoms with Crippen molar-refractivity contribution in [2.45, 2.75) is 6.04 Å². The average molecular weight is 257 g/mol. The maximum atomic E-state index is 13.7. The summed E-state index contributed by atoms with van der Waals surface area (Å²) in [5.74, 6) is 0.706. The Labute approximate surface area is 111 Å². The molecule has 1 unspecified atom stereocenters. The number of benzene rings is 1. The van der Waals surface area contributed by atoms with Crippen LogP contribution >= 0.6 is 0 Å². The van der Waals surface area contributed by atoms with Gasteiger partial charge in [-0.2, -0.15) is 0 Å². The molecule has 1 atom stereocenters. The number of carbonyl (C=O) groups is 1. The number of nitrogens with zero attached hydrogens (tertiary/aromatic N) is 3. The second-order valence-electron chi connectivity index (χ2n) is 3.56. The first-order valence-corrected chi connectivity index (χ1v) is 5.36. The summed E-state index contributed by atoms with van der Waals surface area (Å²) in [6.45, 7) is 0.00509. The number of nitrogens with one attached hydrogen (secondary N) is 1. The molecule has 19 heavy (non-hydrogen) atoms. The van der Waals surface area contributed by atoms with E-state index in [0.717, 1.165) is 0 Å². The molecule has 0 saturated carbocycles. The lowest BCUT2D eigenvalue weighted by Crippen LogP contribution is -2.30. The Morgan fingerprint density at radius 3 is 3.05 bits per heavy atom. The van der Waals surface area contributed by atoms with Crippen LogP contribution in [0.15, 0.2) is 28.4 Å². The van der Waals surface area contributed by atoms with E-state index >= 15 is 0 Å². The highest BCUT2D eigenvalue weighted by molar-refractivity contribution is 6.32. The molecular formula is C12H11BFN4O+. The molecule has 0 aliphatic carbocycles. The summed E-state index contributed by atoms with van der Waals surface area (Å²) in [7, 11) is 7.04. The van der Waals surface area contributed by atoms with E-state index in [0.29, 0.717) is 5.46 Å². The molecule has 5 nitrogen and oxygen atoms in total. The van der Waals surface area contributed by atoms with E-state index in [2.05, 4.69) is 20.5 Å². The van der Waals surface area contributed by atoms with Crippen molar-refractivity contribution in [3.8, 4) is 12.3 Å². The summed E-state index contributed by atoms with van der Waals surface area (Å²) in [6.07, 6.45) is 4.97. The van der Waals surface area contributed by atoms with Crippen LogP contribution in [0.5, 0.6) is 0 Å². The first-order chi connectivity index (χ1) is 9.08. The number of rotatable bonds is 4. The highest BCUT2D eigenvalue weighted by atomic mass is 19.1. The van der Waals surface area contributed by atoms with Crippen molar-refractivity contribution in [3.63, 3.8) is 0 Å². The topological polar surface area (TPSA) is 67.9 Å². The van der Waals surface area contributed by atoms with Crippen LogP contribution in [0.4, 0.5) is 4.39 Å². The summed E-state index contributed by atoms with van der Waals surface area (Å²) in [5.41, 5.74) is 0.562. The number of amides is 1. The summed E-state index contributed by atoms with van der Waals surface area (Å²) in [5, 5.41) is 9.56. The molecule has 0 aromatic heterocycles. The Kier molecular flexibility index (Phi) is 5.46. The molecule has 1 aromatic carbocycles. The minimum Gasteiger partial charge on any atom is -0.336 e. The van der Waals surface area contributed by atoms with Gasteiger partial charge >= 0.3 is 0 Å². The molecule has 0 bridgehead atoms. The molecular weight excluding hydrogens is 246 g/mol. The summed E-state index contributed by atoms with van der Waals surface area (Å²) in [6, 6.07) is 3.29. The van der Waals surface area contributed by atoms with Crippen molar-refractivity contribution in [1.82, 2.24) is 10.2 Å². The van der Waals surface area contributed by atoms with E-state index in [1.807, 2.05) is 5.92 Å². The fourth-order valence-electron chi connectivity index (χ4n) is 1.43. The van der Waals surface area contributed by atoms with E-state index in [1.54, 1.807) is 0 Å². The van der Waals surface area contributed by atoms with Crippen LogP contribution < -0.4 is 15.7 Å². The Morgan fingerprint density at radius 2 is 2.42 bits per heavy atom. The zero-order valence-corrected chi connectivity index (χ0v) is 10.3. The molecule has 1 aromatic rings. The van der Waals surface area contributed by atoms with Crippen LogP contribution in [-0.4, -0.2) is 27.3 Å². The van der Waals surface area contributed by atoms with Crippen molar-refractivity contribution in [1.29, 1.82) is 0 Å². The third-order valence-electron chi connectivity index (χ3n) is 2.25. The van der Waals surface area contributed by atoms with E-state index in [1.165, 1.54) is 25.2 Å². The zero-order valence-electron chi connectivity index (χ0n) is 10.3. The van der Waals surface area contributed by atoms with Crippen molar-refractivity contribution < 1.29 is 9.18 Å². The van der Waals surface area contributed by atoms with Gasteiger partial charge in [0.25, 0.3) is 5.91 Å². The number of carbonyl (C=O) groups excluding carboxylic acids is 1. The van der Waals surface area contributed by atoms with Gasteiger partial charge in [-0.25, -0.2) is 4.39 Å². The molecule has 7 heteroatoms. The van der Waals surface area contributed by atoms with Crippen LogP contribution in [0.25, 0.3) is 0 Å². The molecule has 0 aliphatic heterocycles. The van der Waals surface area contributed by atoms with Crippen LogP contribution in [0.2, 0.25) is 0 Å². The normalized spacial score (nSPS) is 10.8. The first-order valence-electron chi connectivity index (χ1n) is 5.36. The lowest BCUT2D eigenvalue weighted by atomic mass is 9.92. The molecule has 2 radical (unpaired) electrons. The highest BCUT2D eigenvalue weighted by Gasteiger charge is 2.19. The number of terminal acetylenes is 1. The van der Waals surface area contributed by atoms with Gasteiger partial charge in [0.1, 0.15) is 37.5 Å². The molecule has 1 rings (SSSR count). The molecule has 1 N–H and O–H groups in total. The fourth-order valence-corrected chi connectivity index (χ4v) is 1.43. The van der Waals surface area contributed by atoms with E-state index in [9.17, 15) is 9.18 Å². The minimum absolute atomic E-state index is 0.00509. The predicted molar refractivity (Wildman–Crippen MR) is 69.3 cm³/mol. The Morgan fingerprint density at radius 1 is 1.68 bits per heavy atom. The molecule has 0 spiro atoms. The van der Waals surface area contributed by atoms with Crippen molar-refractivity contribution >= 4 is 19.2 Å². The second-order valence-corrected chi connectivity index (χ2v) is 3.56. The van der Waals surface area contributed by atoms with Gasteiger partial charge in [0.15, 0.2) is 0 Å². The van der Waals surface area contributed by atoms with Gasteiger partial charge in [0.05, 0.1) is 6.04 Å². The van der Waals surface area contributed by atoms with Gasteiger partial charge < -0.3 is 5.32 Å². The number of halogens is 1. The molecule has 0 aliphatic rings. The Hall–Kier alpha value is -2.45. The highest BCUT2D eigenvalue weighted by Crippen LogP contribution is 2.16. The summed E-state index contributed by atoms with van der Waals surface area (Å²) < 4.78 is 13.7. The quantitative estimate of drug-likeness (QED) is 0.351. The maximum absolute atomic E-state index is 13.7. The third kappa shape index (κ3) is 4.38. The van der Waals surface area contributed by atoms with Gasteiger partial charge in [-0.05, 0) is 12.0 Å². The van der Waals surface area contributed by atoms with Gasteiger partial charge in [-0.1, -0.05) is 17.6 Å². The minimum atomic E-state index is -0.752. The van der Waals surface area contributed by atoms with Crippen molar-refractivity contribution in [2.24, 2.45) is 10.2 Å². The molecule has 94 valence electrons.